The predicted molar refractivity (Wildman–Crippen MR) is 109 cm³/mol. The second-order valence-corrected chi connectivity index (χ2v) is 6.32. The first-order valence-corrected chi connectivity index (χ1v) is 9.20. The standard InChI is InChI=1S/C21H18ClO3P/c1-23-20-9-5-6-17(21(20)22)13-10-16-11-14-19(15-12-16)25-26-24-18-7-3-2-4-8-18/h2-15,26H,1H3/b13-10+. The van der Waals surface area contributed by atoms with Gasteiger partial charge in [0.15, 0.2) is 0 Å². The molecule has 3 nitrogen and oxygen atoms in total. The van der Waals surface area contributed by atoms with E-state index in [-0.39, 0.29) is 9.03 Å². The summed E-state index contributed by atoms with van der Waals surface area (Å²) >= 11 is 6.30. The summed E-state index contributed by atoms with van der Waals surface area (Å²) in [6.45, 7) is 0. The molecule has 3 aromatic rings. The average Bonchev–Trinajstić information content (AvgIpc) is 2.69. The van der Waals surface area contributed by atoms with E-state index in [9.17, 15) is 0 Å². The molecule has 0 aliphatic carbocycles. The molecule has 0 fully saturated rings. The highest BCUT2D eigenvalue weighted by atomic mass is 35.5. The van der Waals surface area contributed by atoms with Gasteiger partial charge in [0, 0.05) is 0 Å². The lowest BCUT2D eigenvalue weighted by molar-refractivity contribution is 0.415. The van der Waals surface area contributed by atoms with Crippen molar-refractivity contribution in [3.05, 3.63) is 88.9 Å². The highest BCUT2D eigenvalue weighted by Crippen LogP contribution is 2.29. The molecular formula is C21H18ClO3P. The number of halogens is 1. The summed E-state index contributed by atoms with van der Waals surface area (Å²) in [4.78, 5) is 0. The maximum Gasteiger partial charge on any atom is 0.275 e. The van der Waals surface area contributed by atoms with E-state index in [1.54, 1.807) is 7.11 Å². The third kappa shape index (κ3) is 5.01. The van der Waals surface area contributed by atoms with Crippen LogP contribution in [0.3, 0.4) is 0 Å². The fraction of sp³-hybridized carbons (Fsp3) is 0.0476. The lowest BCUT2D eigenvalue weighted by atomic mass is 10.1. The quantitative estimate of drug-likeness (QED) is 0.344. The Labute approximate surface area is 160 Å². The molecule has 0 saturated carbocycles. The van der Waals surface area contributed by atoms with Crippen LogP contribution in [0, 0.1) is 0 Å². The first-order chi connectivity index (χ1) is 12.8. The van der Waals surface area contributed by atoms with Gasteiger partial charge in [0.1, 0.15) is 17.2 Å². The van der Waals surface area contributed by atoms with Crippen molar-refractivity contribution in [2.24, 2.45) is 0 Å². The van der Waals surface area contributed by atoms with E-state index < -0.39 is 0 Å². The van der Waals surface area contributed by atoms with Gasteiger partial charge in [-0.3, -0.25) is 0 Å². The Balaban J connectivity index is 1.57. The molecule has 0 aliphatic rings. The van der Waals surface area contributed by atoms with Crippen LogP contribution in [0.4, 0.5) is 0 Å². The number of hydrogen-bond donors (Lipinski definition) is 0. The van der Waals surface area contributed by atoms with Gasteiger partial charge in [-0.2, -0.15) is 0 Å². The Bertz CT molecular complexity index is 864. The van der Waals surface area contributed by atoms with E-state index in [1.807, 2.05) is 84.9 Å². The zero-order chi connectivity index (χ0) is 18.2. The summed E-state index contributed by atoms with van der Waals surface area (Å²) in [6, 6.07) is 23.1. The van der Waals surface area contributed by atoms with Crippen LogP contribution in [-0.4, -0.2) is 7.11 Å². The molecule has 0 heterocycles. The van der Waals surface area contributed by atoms with E-state index in [1.165, 1.54) is 0 Å². The van der Waals surface area contributed by atoms with Crippen molar-refractivity contribution in [1.82, 2.24) is 0 Å². The minimum absolute atomic E-state index is 0.0903. The molecule has 1 atom stereocenters. The van der Waals surface area contributed by atoms with Crippen LogP contribution < -0.4 is 13.8 Å². The minimum atomic E-state index is -0.0903. The number of methoxy groups -OCH3 is 1. The van der Waals surface area contributed by atoms with Crippen LogP contribution in [0.25, 0.3) is 12.2 Å². The van der Waals surface area contributed by atoms with Crippen LogP contribution in [0.2, 0.25) is 5.02 Å². The number of benzene rings is 3. The third-order valence-corrected chi connectivity index (χ3v) is 4.65. The molecule has 1 unspecified atom stereocenters. The van der Waals surface area contributed by atoms with Crippen molar-refractivity contribution in [2.45, 2.75) is 0 Å². The predicted octanol–water partition coefficient (Wildman–Crippen LogP) is 6.49. The monoisotopic (exact) mass is 384 g/mol. The summed E-state index contributed by atoms with van der Waals surface area (Å²) in [5.74, 6) is 2.22. The Hall–Kier alpha value is -2.48. The average molecular weight is 385 g/mol. The number of para-hydroxylation sites is 1. The molecule has 0 N–H and O–H groups in total. The van der Waals surface area contributed by atoms with Crippen molar-refractivity contribution < 1.29 is 13.8 Å². The highest BCUT2D eigenvalue weighted by molar-refractivity contribution is 7.27. The van der Waals surface area contributed by atoms with E-state index in [4.69, 9.17) is 25.4 Å². The molecule has 0 radical (unpaired) electrons. The topological polar surface area (TPSA) is 27.7 Å². The largest absolute Gasteiger partial charge is 0.495 e. The SMILES string of the molecule is COc1cccc(/C=C/c2ccc(OPOc3ccccc3)cc2)c1Cl. The van der Waals surface area contributed by atoms with Gasteiger partial charge in [-0.05, 0) is 41.5 Å². The van der Waals surface area contributed by atoms with Crippen molar-refractivity contribution >= 4 is 32.8 Å². The molecule has 3 rings (SSSR count). The molecule has 26 heavy (non-hydrogen) atoms. The van der Waals surface area contributed by atoms with Gasteiger partial charge >= 0.3 is 0 Å². The first kappa shape index (κ1) is 18.3. The van der Waals surface area contributed by atoms with Gasteiger partial charge < -0.3 is 13.8 Å². The summed E-state index contributed by atoms with van der Waals surface area (Å²) in [6.07, 6.45) is 3.95. The second-order valence-electron chi connectivity index (χ2n) is 5.37. The summed E-state index contributed by atoms with van der Waals surface area (Å²) < 4.78 is 16.4. The molecule has 0 spiro atoms. The van der Waals surface area contributed by atoms with Crippen molar-refractivity contribution in [2.75, 3.05) is 7.11 Å². The van der Waals surface area contributed by atoms with Crippen molar-refractivity contribution in [3.8, 4) is 17.2 Å². The van der Waals surface area contributed by atoms with Gasteiger partial charge in [-0.1, -0.05) is 66.2 Å². The van der Waals surface area contributed by atoms with Crippen molar-refractivity contribution in [3.63, 3.8) is 0 Å². The normalized spacial score (nSPS) is 11.2. The van der Waals surface area contributed by atoms with Crippen LogP contribution >= 0.6 is 20.6 Å². The Kier molecular flexibility index (Phi) is 6.54. The number of ether oxygens (including phenoxy) is 1. The van der Waals surface area contributed by atoms with Crippen LogP contribution in [0.15, 0.2) is 72.8 Å². The Morgan fingerprint density at radius 3 is 2.15 bits per heavy atom. The number of hydrogen-bond acceptors (Lipinski definition) is 3. The fourth-order valence-corrected chi connectivity index (χ4v) is 3.03. The summed E-state index contributed by atoms with van der Waals surface area (Å²) in [5, 5.41) is 0.602. The fourth-order valence-electron chi connectivity index (χ4n) is 2.25. The maximum absolute atomic E-state index is 6.30. The van der Waals surface area contributed by atoms with Crippen molar-refractivity contribution in [1.29, 1.82) is 0 Å². The lowest BCUT2D eigenvalue weighted by Gasteiger charge is -2.07. The smallest absolute Gasteiger partial charge is 0.275 e. The van der Waals surface area contributed by atoms with E-state index in [2.05, 4.69) is 0 Å². The Morgan fingerprint density at radius 2 is 1.46 bits per heavy atom. The molecular weight excluding hydrogens is 367 g/mol. The molecule has 0 aromatic heterocycles. The minimum Gasteiger partial charge on any atom is -0.495 e. The molecule has 0 aliphatic heterocycles. The molecule has 5 heteroatoms. The van der Waals surface area contributed by atoms with Gasteiger partial charge in [0.05, 0.1) is 12.1 Å². The van der Waals surface area contributed by atoms with Crippen LogP contribution in [0.5, 0.6) is 17.2 Å². The van der Waals surface area contributed by atoms with Gasteiger partial charge in [0.2, 0.25) is 0 Å². The second kappa shape index (κ2) is 9.28. The first-order valence-electron chi connectivity index (χ1n) is 8.00. The molecule has 132 valence electrons. The van der Waals surface area contributed by atoms with E-state index >= 15 is 0 Å². The zero-order valence-corrected chi connectivity index (χ0v) is 15.9. The van der Waals surface area contributed by atoms with E-state index in [0.29, 0.717) is 10.8 Å². The lowest BCUT2D eigenvalue weighted by Crippen LogP contribution is -1.86. The molecule has 0 saturated heterocycles. The summed E-state index contributed by atoms with van der Waals surface area (Å²) in [5.41, 5.74) is 1.95. The zero-order valence-electron chi connectivity index (χ0n) is 14.2. The third-order valence-electron chi connectivity index (χ3n) is 3.61. The van der Waals surface area contributed by atoms with Crippen LogP contribution in [-0.2, 0) is 0 Å². The molecule has 0 bridgehead atoms. The number of rotatable bonds is 7. The van der Waals surface area contributed by atoms with Gasteiger partial charge in [-0.15, -0.1) is 0 Å². The summed E-state index contributed by atoms with van der Waals surface area (Å²) in [7, 11) is 1.52. The molecule has 0 amide bonds. The van der Waals surface area contributed by atoms with E-state index in [0.717, 1.165) is 22.6 Å². The van der Waals surface area contributed by atoms with Gasteiger partial charge in [-0.25, -0.2) is 0 Å². The highest BCUT2D eigenvalue weighted by Gasteiger charge is 2.03. The maximum atomic E-state index is 6.30. The van der Waals surface area contributed by atoms with Crippen LogP contribution in [0.1, 0.15) is 11.1 Å². The Morgan fingerprint density at radius 1 is 0.769 bits per heavy atom. The van der Waals surface area contributed by atoms with Gasteiger partial charge in [0.25, 0.3) is 9.03 Å². The molecule has 3 aromatic carbocycles.